The van der Waals surface area contributed by atoms with Crippen LogP contribution in [0, 0.1) is 0 Å². The molecule has 1 unspecified atom stereocenters. The predicted octanol–water partition coefficient (Wildman–Crippen LogP) is 6.63. The van der Waals surface area contributed by atoms with Gasteiger partial charge in [-0.05, 0) is 68.8 Å². The van der Waals surface area contributed by atoms with Crippen molar-refractivity contribution in [2.75, 3.05) is 0 Å². The maximum Gasteiger partial charge on any atom is 0.416 e. The van der Waals surface area contributed by atoms with Crippen LogP contribution in [0.3, 0.4) is 0 Å². The molecular weight excluding hydrogens is 485 g/mol. The maximum atomic E-state index is 13.0. The molecule has 2 aromatic heterocycles. The molecule has 0 aliphatic rings. The number of pyridine rings is 1. The number of carbonyl (C=O) groups is 1. The highest BCUT2D eigenvalue weighted by Gasteiger charge is 2.34. The van der Waals surface area contributed by atoms with Crippen LogP contribution in [-0.4, -0.2) is 42.8 Å². The summed E-state index contributed by atoms with van der Waals surface area (Å²) in [5.41, 5.74) is -0.105. The van der Waals surface area contributed by atoms with Crippen LogP contribution < -0.4 is 0 Å². The van der Waals surface area contributed by atoms with Gasteiger partial charge < -0.3 is 14.5 Å². The summed E-state index contributed by atoms with van der Waals surface area (Å²) in [7, 11) is 0. The standard InChI is InChI=1S/C27H27F3N4O3/c1-26(2,3)34(25(35)36)22(14-17-4-8-21(9-5-17)27(28,29)30)10-11-23-32-24(33-37-23)19-6-7-20-16-31-13-12-18(20)15-19/h4-9,12-13,15-16,22H,10-11,14H2,1-3H3,(H,35,36). The Bertz CT molecular complexity index is 1380. The van der Waals surface area contributed by atoms with Gasteiger partial charge in [-0.15, -0.1) is 0 Å². The number of carboxylic acid groups (broad SMARTS) is 1. The lowest BCUT2D eigenvalue weighted by atomic mass is 9.95. The summed E-state index contributed by atoms with van der Waals surface area (Å²) < 4.78 is 44.4. The fourth-order valence-electron chi connectivity index (χ4n) is 4.40. The fourth-order valence-corrected chi connectivity index (χ4v) is 4.40. The summed E-state index contributed by atoms with van der Waals surface area (Å²) in [6, 6.07) is 11.9. The first-order valence-electron chi connectivity index (χ1n) is 11.8. The van der Waals surface area contributed by atoms with Crippen LogP contribution in [0.1, 0.15) is 44.2 Å². The van der Waals surface area contributed by atoms with Gasteiger partial charge in [-0.3, -0.25) is 4.98 Å². The Morgan fingerprint density at radius 3 is 2.43 bits per heavy atom. The molecule has 2 heterocycles. The van der Waals surface area contributed by atoms with Gasteiger partial charge in [0.15, 0.2) is 0 Å². The second kappa shape index (κ2) is 10.2. The summed E-state index contributed by atoms with van der Waals surface area (Å²) in [4.78, 5) is 22.1. The molecule has 0 bridgehead atoms. The highest BCUT2D eigenvalue weighted by atomic mass is 19.4. The highest BCUT2D eigenvalue weighted by molar-refractivity contribution is 5.85. The Morgan fingerprint density at radius 2 is 1.78 bits per heavy atom. The number of hydrogen-bond acceptors (Lipinski definition) is 5. The minimum atomic E-state index is -4.44. The molecule has 0 spiro atoms. The first-order chi connectivity index (χ1) is 17.4. The summed E-state index contributed by atoms with van der Waals surface area (Å²) in [6.45, 7) is 5.34. The molecule has 4 rings (SSSR count). The zero-order valence-electron chi connectivity index (χ0n) is 20.7. The third-order valence-corrected chi connectivity index (χ3v) is 6.10. The van der Waals surface area contributed by atoms with Crippen LogP contribution in [0.4, 0.5) is 18.0 Å². The Hall–Kier alpha value is -3.95. The zero-order valence-corrected chi connectivity index (χ0v) is 20.7. The van der Waals surface area contributed by atoms with E-state index < -0.39 is 29.4 Å². The molecule has 1 amide bonds. The minimum absolute atomic E-state index is 0.238. The van der Waals surface area contributed by atoms with Crippen molar-refractivity contribution in [2.45, 2.75) is 57.8 Å². The number of fused-ring (bicyclic) bond motifs is 1. The first-order valence-corrected chi connectivity index (χ1v) is 11.8. The highest BCUT2D eigenvalue weighted by Crippen LogP contribution is 2.30. The summed E-state index contributed by atoms with van der Waals surface area (Å²) >= 11 is 0. The van der Waals surface area contributed by atoms with Crippen LogP contribution in [0.2, 0.25) is 0 Å². The van der Waals surface area contributed by atoms with Crippen molar-refractivity contribution in [2.24, 2.45) is 0 Å². The van der Waals surface area contributed by atoms with E-state index in [1.54, 1.807) is 33.2 Å². The number of benzene rings is 2. The normalized spacial score (nSPS) is 13.0. The first kappa shape index (κ1) is 26.1. The van der Waals surface area contributed by atoms with E-state index in [1.807, 2.05) is 24.3 Å². The van der Waals surface area contributed by atoms with Crippen LogP contribution in [0.25, 0.3) is 22.2 Å². The molecule has 10 heteroatoms. The van der Waals surface area contributed by atoms with E-state index >= 15 is 0 Å². The molecule has 0 radical (unpaired) electrons. The van der Waals surface area contributed by atoms with Gasteiger partial charge in [0.05, 0.1) is 5.56 Å². The molecule has 1 N–H and O–H groups in total. The van der Waals surface area contributed by atoms with E-state index in [1.165, 1.54) is 17.0 Å². The second-order valence-electron chi connectivity index (χ2n) is 9.86. The van der Waals surface area contributed by atoms with Gasteiger partial charge >= 0.3 is 12.3 Å². The third-order valence-electron chi connectivity index (χ3n) is 6.10. The molecule has 194 valence electrons. The monoisotopic (exact) mass is 512 g/mol. The third kappa shape index (κ3) is 6.25. The molecule has 0 aliphatic carbocycles. The lowest BCUT2D eigenvalue weighted by Crippen LogP contribution is -2.52. The van der Waals surface area contributed by atoms with Crippen LogP contribution in [0.15, 0.2) is 65.4 Å². The van der Waals surface area contributed by atoms with E-state index in [-0.39, 0.29) is 6.42 Å². The number of hydrogen-bond donors (Lipinski definition) is 1. The van der Waals surface area contributed by atoms with Gasteiger partial charge in [-0.1, -0.05) is 29.4 Å². The lowest BCUT2D eigenvalue weighted by Gasteiger charge is -2.40. The molecule has 7 nitrogen and oxygen atoms in total. The Labute approximate surface area is 211 Å². The van der Waals surface area contributed by atoms with Crippen molar-refractivity contribution < 1.29 is 27.6 Å². The van der Waals surface area contributed by atoms with E-state index in [4.69, 9.17) is 4.52 Å². The molecule has 0 aliphatic heterocycles. The minimum Gasteiger partial charge on any atom is -0.465 e. The van der Waals surface area contributed by atoms with Gasteiger partial charge in [-0.25, -0.2) is 4.79 Å². The quantitative estimate of drug-likeness (QED) is 0.299. The van der Waals surface area contributed by atoms with Crippen molar-refractivity contribution >= 4 is 16.9 Å². The van der Waals surface area contributed by atoms with E-state index in [9.17, 15) is 23.1 Å². The van der Waals surface area contributed by atoms with Gasteiger partial charge in [-0.2, -0.15) is 18.2 Å². The number of halogens is 3. The average Bonchev–Trinajstić information content (AvgIpc) is 3.30. The smallest absolute Gasteiger partial charge is 0.416 e. The van der Waals surface area contributed by atoms with Gasteiger partial charge in [0.1, 0.15) is 0 Å². The molecular formula is C27H27F3N4O3. The Morgan fingerprint density at radius 1 is 1.05 bits per heavy atom. The van der Waals surface area contributed by atoms with Crippen LogP contribution in [-0.2, 0) is 19.0 Å². The molecule has 0 saturated heterocycles. The fraction of sp³-hybridized carbons (Fsp3) is 0.333. The van der Waals surface area contributed by atoms with Crippen molar-refractivity contribution in [1.29, 1.82) is 0 Å². The topological polar surface area (TPSA) is 92.4 Å². The summed E-state index contributed by atoms with van der Waals surface area (Å²) in [5, 5.41) is 16.0. The summed E-state index contributed by atoms with van der Waals surface area (Å²) in [6.07, 6.45) is -1.20. The molecule has 1 atom stereocenters. The number of aromatic nitrogens is 3. The van der Waals surface area contributed by atoms with Crippen LogP contribution >= 0.6 is 0 Å². The molecule has 37 heavy (non-hydrogen) atoms. The van der Waals surface area contributed by atoms with Crippen molar-refractivity contribution in [3.63, 3.8) is 0 Å². The number of alkyl halides is 3. The van der Waals surface area contributed by atoms with Crippen LogP contribution in [0.5, 0.6) is 0 Å². The molecule has 4 aromatic rings. The van der Waals surface area contributed by atoms with Crippen molar-refractivity contribution in [3.8, 4) is 11.4 Å². The predicted molar refractivity (Wildman–Crippen MR) is 132 cm³/mol. The number of amides is 1. The van der Waals surface area contributed by atoms with Crippen molar-refractivity contribution in [1.82, 2.24) is 20.0 Å². The maximum absolute atomic E-state index is 13.0. The molecule has 2 aromatic carbocycles. The largest absolute Gasteiger partial charge is 0.465 e. The van der Waals surface area contributed by atoms with E-state index in [0.717, 1.165) is 28.5 Å². The summed E-state index contributed by atoms with van der Waals surface area (Å²) in [5.74, 6) is 0.764. The number of rotatable bonds is 7. The van der Waals surface area contributed by atoms with E-state index in [2.05, 4.69) is 15.1 Å². The number of nitrogens with zero attached hydrogens (tertiary/aromatic N) is 4. The Balaban J connectivity index is 1.54. The lowest BCUT2D eigenvalue weighted by molar-refractivity contribution is -0.137. The van der Waals surface area contributed by atoms with Crippen molar-refractivity contribution in [3.05, 3.63) is 77.9 Å². The van der Waals surface area contributed by atoms with Gasteiger partial charge in [0.25, 0.3) is 0 Å². The number of aryl methyl sites for hydroxylation is 1. The molecule has 0 fully saturated rings. The SMILES string of the molecule is CC(C)(C)N(C(=O)O)C(CCc1nc(-c2ccc3cnccc3c2)no1)Cc1ccc(C(F)(F)F)cc1. The zero-order chi connectivity index (χ0) is 26.8. The van der Waals surface area contributed by atoms with Gasteiger partial charge in [0, 0.05) is 41.3 Å². The average molecular weight is 513 g/mol. The van der Waals surface area contributed by atoms with E-state index in [0.29, 0.717) is 30.1 Å². The molecule has 0 saturated carbocycles. The second-order valence-corrected chi connectivity index (χ2v) is 9.86. The Kier molecular flexibility index (Phi) is 7.20. The van der Waals surface area contributed by atoms with Gasteiger partial charge in [0.2, 0.25) is 11.7 Å².